The number of allylic oxidation sites excluding steroid dienone is 1. The van der Waals surface area contributed by atoms with Crippen LogP contribution in [0.4, 0.5) is 0 Å². The summed E-state index contributed by atoms with van der Waals surface area (Å²) in [7, 11) is -3.49. The second-order valence-corrected chi connectivity index (χ2v) is 3.75. The first-order chi connectivity index (χ1) is 5.12. The van der Waals surface area contributed by atoms with Crippen LogP contribution < -0.4 is 0 Å². The Labute approximate surface area is 65.6 Å². The molecule has 0 aromatic rings. The summed E-state index contributed by atoms with van der Waals surface area (Å²) in [5.74, 6) is 0. The van der Waals surface area contributed by atoms with Crippen LogP contribution in [0.25, 0.3) is 0 Å². The second-order valence-electron chi connectivity index (χ2n) is 1.85. The van der Waals surface area contributed by atoms with Crippen molar-refractivity contribution in [2.75, 3.05) is 12.8 Å². The van der Waals surface area contributed by atoms with E-state index in [-0.39, 0.29) is 19.2 Å². The summed E-state index contributed by atoms with van der Waals surface area (Å²) in [6.07, 6.45) is 1.37. The molecule has 11 heavy (non-hydrogen) atoms. The molecule has 0 heterocycles. The lowest BCUT2D eigenvalue weighted by atomic mass is 10.5. The molecular weight excluding hydrogens is 165 g/mol. The topological polar surface area (TPSA) is 70.3 Å². The van der Waals surface area contributed by atoms with Gasteiger partial charge in [-0.3, -0.25) is 4.57 Å². The van der Waals surface area contributed by atoms with Crippen LogP contribution in [0.3, 0.4) is 0 Å². The van der Waals surface area contributed by atoms with Gasteiger partial charge in [0, 0.05) is 0 Å². The third-order valence-corrected chi connectivity index (χ3v) is 2.17. The third-order valence-electron chi connectivity index (χ3n) is 0.867. The molecule has 0 aliphatic rings. The van der Waals surface area contributed by atoms with Crippen molar-refractivity contribution in [2.45, 2.75) is 6.42 Å². The SMILES string of the molecule is C=CCP(=O)(O)OCCC#N. The van der Waals surface area contributed by atoms with Crippen LogP contribution in [0.2, 0.25) is 0 Å². The van der Waals surface area contributed by atoms with Gasteiger partial charge in [0.1, 0.15) is 0 Å². The van der Waals surface area contributed by atoms with Crippen LogP contribution in [0.15, 0.2) is 12.7 Å². The normalized spacial score (nSPS) is 14.9. The Balaban J connectivity index is 3.65. The van der Waals surface area contributed by atoms with Gasteiger partial charge >= 0.3 is 7.60 Å². The molecule has 0 aliphatic carbocycles. The van der Waals surface area contributed by atoms with Crippen LogP contribution in [-0.4, -0.2) is 17.7 Å². The zero-order valence-electron chi connectivity index (χ0n) is 6.06. The van der Waals surface area contributed by atoms with Gasteiger partial charge in [0.25, 0.3) is 0 Å². The highest BCUT2D eigenvalue weighted by molar-refractivity contribution is 7.53. The molecule has 0 aromatic carbocycles. The van der Waals surface area contributed by atoms with Gasteiger partial charge in [0.2, 0.25) is 0 Å². The summed E-state index contributed by atoms with van der Waals surface area (Å²) < 4.78 is 15.4. The van der Waals surface area contributed by atoms with Crippen molar-refractivity contribution in [3.05, 3.63) is 12.7 Å². The zero-order valence-corrected chi connectivity index (χ0v) is 6.96. The minimum atomic E-state index is -3.49. The third kappa shape index (κ3) is 5.81. The maximum Gasteiger partial charge on any atom is 0.331 e. The Morgan fingerprint density at radius 2 is 2.45 bits per heavy atom. The molecule has 0 aromatic heterocycles. The van der Waals surface area contributed by atoms with E-state index in [0.717, 1.165) is 0 Å². The maximum atomic E-state index is 10.8. The molecule has 0 saturated carbocycles. The lowest BCUT2D eigenvalue weighted by Gasteiger charge is -2.07. The van der Waals surface area contributed by atoms with Crippen molar-refractivity contribution in [1.82, 2.24) is 0 Å². The van der Waals surface area contributed by atoms with Crippen molar-refractivity contribution in [3.63, 3.8) is 0 Å². The minimum absolute atomic E-state index is 0.00187. The first-order valence-electron chi connectivity index (χ1n) is 3.06. The molecule has 0 radical (unpaired) electrons. The van der Waals surface area contributed by atoms with Crippen molar-refractivity contribution in [3.8, 4) is 6.07 Å². The van der Waals surface area contributed by atoms with E-state index in [1.54, 1.807) is 6.07 Å². The van der Waals surface area contributed by atoms with Crippen molar-refractivity contribution in [2.24, 2.45) is 0 Å². The Kier molecular flexibility index (Phi) is 4.80. The Bertz CT molecular complexity index is 208. The van der Waals surface area contributed by atoms with Crippen molar-refractivity contribution >= 4 is 7.60 Å². The highest BCUT2D eigenvalue weighted by Gasteiger charge is 2.15. The smallest absolute Gasteiger partial charge is 0.324 e. The Hall–Kier alpha value is -0.620. The Morgan fingerprint density at radius 3 is 2.91 bits per heavy atom. The van der Waals surface area contributed by atoms with E-state index >= 15 is 0 Å². The molecule has 0 saturated heterocycles. The first kappa shape index (κ1) is 10.4. The predicted octanol–water partition coefficient (Wildman–Crippen LogP) is 1.29. The summed E-state index contributed by atoms with van der Waals surface area (Å²) in [5, 5.41) is 8.07. The molecule has 0 spiro atoms. The van der Waals surface area contributed by atoms with E-state index in [2.05, 4.69) is 11.1 Å². The molecule has 0 rings (SSSR count). The average Bonchev–Trinajstić information content (AvgIpc) is 1.87. The molecule has 0 bridgehead atoms. The fourth-order valence-electron chi connectivity index (χ4n) is 0.450. The number of hydrogen-bond donors (Lipinski definition) is 1. The van der Waals surface area contributed by atoms with Crippen LogP contribution in [-0.2, 0) is 9.09 Å². The standard InChI is InChI=1S/C6H10NO3P/c1-2-6-11(8,9)10-5-3-4-7/h2H,1,3,5-6H2,(H,8,9). The highest BCUT2D eigenvalue weighted by Crippen LogP contribution is 2.41. The molecule has 0 aliphatic heterocycles. The molecule has 5 heteroatoms. The summed E-state index contributed by atoms with van der Waals surface area (Å²) in [5.41, 5.74) is 0. The van der Waals surface area contributed by atoms with Gasteiger partial charge in [-0.05, 0) is 0 Å². The van der Waals surface area contributed by atoms with Crippen LogP contribution in [0.5, 0.6) is 0 Å². The molecule has 0 amide bonds. The Morgan fingerprint density at radius 1 is 1.82 bits per heavy atom. The molecule has 4 nitrogen and oxygen atoms in total. The lowest BCUT2D eigenvalue weighted by molar-refractivity contribution is 0.268. The summed E-state index contributed by atoms with van der Waals surface area (Å²) in [4.78, 5) is 8.89. The van der Waals surface area contributed by atoms with Crippen molar-refractivity contribution in [1.29, 1.82) is 5.26 Å². The zero-order chi connectivity index (χ0) is 8.74. The average molecular weight is 175 g/mol. The van der Waals surface area contributed by atoms with Crippen LogP contribution in [0, 0.1) is 11.3 Å². The number of nitriles is 1. The number of rotatable bonds is 5. The van der Waals surface area contributed by atoms with Crippen LogP contribution >= 0.6 is 7.60 Å². The number of nitrogens with zero attached hydrogens (tertiary/aromatic N) is 1. The van der Waals surface area contributed by atoms with E-state index in [1.165, 1.54) is 6.08 Å². The van der Waals surface area contributed by atoms with E-state index in [1.807, 2.05) is 0 Å². The quantitative estimate of drug-likeness (QED) is 0.388. The molecule has 1 N–H and O–H groups in total. The predicted molar refractivity (Wildman–Crippen MR) is 41.1 cm³/mol. The molecule has 62 valence electrons. The van der Waals surface area contributed by atoms with Gasteiger partial charge in [-0.25, -0.2) is 0 Å². The van der Waals surface area contributed by atoms with Gasteiger partial charge in [0.05, 0.1) is 25.3 Å². The fraction of sp³-hybridized carbons (Fsp3) is 0.500. The lowest BCUT2D eigenvalue weighted by Crippen LogP contribution is -1.93. The fourth-order valence-corrected chi connectivity index (χ4v) is 1.26. The first-order valence-corrected chi connectivity index (χ1v) is 4.83. The molecule has 0 fully saturated rings. The van der Waals surface area contributed by atoms with E-state index in [9.17, 15) is 4.57 Å². The molecule has 1 atom stereocenters. The van der Waals surface area contributed by atoms with E-state index < -0.39 is 7.60 Å². The minimum Gasteiger partial charge on any atom is -0.324 e. The monoisotopic (exact) mass is 175 g/mol. The van der Waals surface area contributed by atoms with Gasteiger partial charge in [-0.15, -0.1) is 6.58 Å². The summed E-state index contributed by atoms with van der Waals surface area (Å²) in [6, 6.07) is 1.80. The van der Waals surface area contributed by atoms with Gasteiger partial charge in [-0.1, -0.05) is 6.08 Å². The van der Waals surface area contributed by atoms with Gasteiger partial charge < -0.3 is 9.42 Å². The van der Waals surface area contributed by atoms with Crippen molar-refractivity contribution < 1.29 is 14.0 Å². The highest BCUT2D eigenvalue weighted by atomic mass is 31.2. The van der Waals surface area contributed by atoms with Crippen LogP contribution in [0.1, 0.15) is 6.42 Å². The summed E-state index contributed by atoms with van der Waals surface area (Å²) in [6.45, 7) is 3.30. The largest absolute Gasteiger partial charge is 0.331 e. The number of hydrogen-bond acceptors (Lipinski definition) is 3. The van der Waals surface area contributed by atoms with E-state index in [0.29, 0.717) is 0 Å². The second kappa shape index (κ2) is 5.09. The molecular formula is C6H10NO3P. The van der Waals surface area contributed by atoms with Gasteiger partial charge in [0.15, 0.2) is 0 Å². The van der Waals surface area contributed by atoms with E-state index in [4.69, 9.17) is 10.2 Å². The summed E-state index contributed by atoms with van der Waals surface area (Å²) >= 11 is 0. The molecule has 1 unspecified atom stereocenters. The van der Waals surface area contributed by atoms with Gasteiger partial charge in [-0.2, -0.15) is 5.26 Å². The maximum absolute atomic E-state index is 10.8.